The molecule has 0 amide bonds. The molecule has 1 aromatic rings. The number of halogens is 1. The van der Waals surface area contributed by atoms with Crippen molar-refractivity contribution in [2.24, 2.45) is 5.92 Å². The predicted octanol–water partition coefficient (Wildman–Crippen LogP) is 3.23. The first-order chi connectivity index (χ1) is 9.34. The van der Waals surface area contributed by atoms with E-state index >= 15 is 0 Å². The molecule has 0 spiro atoms. The Morgan fingerprint density at radius 2 is 1.95 bits per heavy atom. The van der Waals surface area contributed by atoms with Gasteiger partial charge in [-0.15, -0.1) is 0 Å². The second-order valence-electron chi connectivity index (χ2n) is 5.53. The molecule has 2 unspecified atom stereocenters. The van der Waals surface area contributed by atoms with E-state index in [1.54, 1.807) is 25.2 Å². The van der Waals surface area contributed by atoms with Crippen molar-refractivity contribution in [3.63, 3.8) is 0 Å². The van der Waals surface area contributed by atoms with Crippen molar-refractivity contribution >= 4 is 31.6 Å². The lowest BCUT2D eigenvalue weighted by molar-refractivity contribution is 0.213. The van der Waals surface area contributed by atoms with Crippen molar-refractivity contribution in [1.82, 2.24) is 4.31 Å². The lowest BCUT2D eigenvalue weighted by atomic mass is 9.86. The molecule has 2 N–H and O–H groups in total. The van der Waals surface area contributed by atoms with E-state index in [2.05, 4.69) is 22.9 Å². The van der Waals surface area contributed by atoms with E-state index in [1.165, 1.54) is 10.7 Å². The first kappa shape index (κ1) is 15.8. The van der Waals surface area contributed by atoms with Crippen LogP contribution in [0.15, 0.2) is 27.6 Å². The highest BCUT2D eigenvalue weighted by Crippen LogP contribution is 2.32. The van der Waals surface area contributed by atoms with Gasteiger partial charge in [-0.3, -0.25) is 0 Å². The number of rotatable bonds is 3. The van der Waals surface area contributed by atoms with Crippen LogP contribution in [0.1, 0.15) is 32.6 Å². The van der Waals surface area contributed by atoms with Gasteiger partial charge in [-0.25, -0.2) is 8.42 Å². The summed E-state index contributed by atoms with van der Waals surface area (Å²) in [7, 11) is -1.86. The number of nitrogens with two attached hydrogens (primary N) is 1. The van der Waals surface area contributed by atoms with E-state index in [0.29, 0.717) is 5.92 Å². The van der Waals surface area contributed by atoms with Gasteiger partial charge >= 0.3 is 0 Å². The van der Waals surface area contributed by atoms with E-state index in [-0.39, 0.29) is 16.6 Å². The third kappa shape index (κ3) is 3.02. The number of nitrogen functional groups attached to an aromatic ring is 1. The Bertz CT molecular complexity index is 589. The van der Waals surface area contributed by atoms with Crippen LogP contribution < -0.4 is 5.73 Å². The maximum Gasteiger partial charge on any atom is 0.245 e. The van der Waals surface area contributed by atoms with Crippen molar-refractivity contribution in [2.75, 3.05) is 12.8 Å². The average Bonchev–Trinajstić information content (AvgIpc) is 2.38. The Hall–Kier alpha value is -0.590. The number of sulfonamides is 1. The summed E-state index contributed by atoms with van der Waals surface area (Å²) in [4.78, 5) is 0.195. The number of benzene rings is 1. The Balaban J connectivity index is 2.33. The average molecular weight is 361 g/mol. The maximum atomic E-state index is 12.7. The summed E-state index contributed by atoms with van der Waals surface area (Å²) in [6.45, 7) is 2.13. The van der Waals surface area contributed by atoms with Crippen LogP contribution in [0.2, 0.25) is 0 Å². The molecule has 0 bridgehead atoms. The SMILES string of the molecule is CC1CCCCC1N(C)S(=O)(=O)c1ccc(Br)cc1N. The fourth-order valence-electron chi connectivity index (χ4n) is 2.92. The molecule has 1 saturated carbocycles. The number of hydrogen-bond acceptors (Lipinski definition) is 3. The highest BCUT2D eigenvalue weighted by atomic mass is 79.9. The molecule has 2 rings (SSSR count). The highest BCUT2D eigenvalue weighted by molar-refractivity contribution is 9.10. The molecule has 1 aliphatic rings. The zero-order chi connectivity index (χ0) is 14.9. The Kier molecular flexibility index (Phi) is 4.76. The van der Waals surface area contributed by atoms with Gasteiger partial charge in [-0.2, -0.15) is 4.31 Å². The third-order valence-electron chi connectivity index (χ3n) is 4.16. The van der Waals surface area contributed by atoms with E-state index in [0.717, 1.165) is 23.7 Å². The summed E-state index contributed by atoms with van der Waals surface area (Å²) in [5.74, 6) is 0.389. The highest BCUT2D eigenvalue weighted by Gasteiger charge is 2.33. The maximum absolute atomic E-state index is 12.7. The lowest BCUT2D eigenvalue weighted by Crippen LogP contribution is -2.42. The van der Waals surface area contributed by atoms with Crippen LogP contribution in [0.25, 0.3) is 0 Å². The molecular formula is C14H21BrN2O2S. The van der Waals surface area contributed by atoms with Crippen molar-refractivity contribution in [3.8, 4) is 0 Å². The van der Waals surface area contributed by atoms with Gasteiger partial charge in [-0.1, -0.05) is 35.7 Å². The summed E-state index contributed by atoms with van der Waals surface area (Å²) in [6.07, 6.45) is 4.28. The summed E-state index contributed by atoms with van der Waals surface area (Å²) in [6, 6.07) is 4.97. The number of anilines is 1. The van der Waals surface area contributed by atoms with Gasteiger partial charge in [0.2, 0.25) is 10.0 Å². The minimum atomic E-state index is -3.53. The fourth-order valence-corrected chi connectivity index (χ4v) is 4.88. The molecule has 6 heteroatoms. The van der Waals surface area contributed by atoms with Crippen LogP contribution in [-0.2, 0) is 10.0 Å². The minimum Gasteiger partial charge on any atom is -0.398 e. The summed E-state index contributed by atoms with van der Waals surface area (Å²) in [5.41, 5.74) is 6.16. The topological polar surface area (TPSA) is 63.4 Å². The van der Waals surface area contributed by atoms with Gasteiger partial charge in [0.1, 0.15) is 4.90 Å². The quantitative estimate of drug-likeness (QED) is 0.841. The summed E-state index contributed by atoms with van der Waals surface area (Å²) < 4.78 is 27.8. The number of hydrogen-bond donors (Lipinski definition) is 1. The van der Waals surface area contributed by atoms with Crippen LogP contribution in [0.3, 0.4) is 0 Å². The van der Waals surface area contributed by atoms with E-state index < -0.39 is 10.0 Å². The zero-order valence-corrected chi connectivity index (χ0v) is 14.2. The normalized spacial score (nSPS) is 24.0. The fraction of sp³-hybridized carbons (Fsp3) is 0.571. The molecule has 1 fully saturated rings. The van der Waals surface area contributed by atoms with Gasteiger partial charge < -0.3 is 5.73 Å². The van der Waals surface area contributed by atoms with E-state index in [9.17, 15) is 8.42 Å². The van der Waals surface area contributed by atoms with Crippen LogP contribution >= 0.6 is 15.9 Å². The minimum absolute atomic E-state index is 0.0665. The van der Waals surface area contributed by atoms with Gasteiger partial charge in [0.25, 0.3) is 0 Å². The number of nitrogens with zero attached hydrogens (tertiary/aromatic N) is 1. The van der Waals surface area contributed by atoms with Gasteiger partial charge in [0, 0.05) is 17.6 Å². The molecule has 0 saturated heterocycles. The largest absolute Gasteiger partial charge is 0.398 e. The molecule has 20 heavy (non-hydrogen) atoms. The zero-order valence-electron chi connectivity index (χ0n) is 11.8. The molecule has 0 radical (unpaired) electrons. The van der Waals surface area contributed by atoms with Crippen LogP contribution in [0.4, 0.5) is 5.69 Å². The van der Waals surface area contributed by atoms with Crippen molar-refractivity contribution < 1.29 is 8.42 Å². The van der Waals surface area contributed by atoms with Gasteiger partial charge in [-0.05, 0) is 37.0 Å². The van der Waals surface area contributed by atoms with Crippen LogP contribution in [-0.4, -0.2) is 25.8 Å². The summed E-state index contributed by atoms with van der Waals surface area (Å²) in [5, 5.41) is 0. The molecule has 112 valence electrons. The molecule has 4 nitrogen and oxygen atoms in total. The third-order valence-corrected chi connectivity index (χ3v) is 6.61. The van der Waals surface area contributed by atoms with Crippen LogP contribution in [0, 0.1) is 5.92 Å². The lowest BCUT2D eigenvalue weighted by Gasteiger charge is -2.35. The second-order valence-corrected chi connectivity index (χ2v) is 8.41. The Morgan fingerprint density at radius 3 is 2.55 bits per heavy atom. The van der Waals surface area contributed by atoms with E-state index in [1.807, 2.05) is 0 Å². The molecule has 1 aliphatic carbocycles. The van der Waals surface area contributed by atoms with Crippen LogP contribution in [0.5, 0.6) is 0 Å². The molecule has 0 aromatic heterocycles. The smallest absolute Gasteiger partial charge is 0.245 e. The van der Waals surface area contributed by atoms with Gasteiger partial charge in [0.15, 0.2) is 0 Å². The monoisotopic (exact) mass is 360 g/mol. The molecule has 0 aliphatic heterocycles. The standard InChI is InChI=1S/C14H21BrN2O2S/c1-10-5-3-4-6-13(10)17(2)20(18,19)14-8-7-11(15)9-12(14)16/h7-10,13H,3-6,16H2,1-2H3. The van der Waals surface area contributed by atoms with Crippen molar-refractivity contribution in [3.05, 3.63) is 22.7 Å². The van der Waals surface area contributed by atoms with Crippen molar-refractivity contribution in [2.45, 2.75) is 43.5 Å². The first-order valence-electron chi connectivity index (χ1n) is 6.87. The Labute approximate surface area is 129 Å². The predicted molar refractivity (Wildman–Crippen MR) is 84.9 cm³/mol. The molecule has 2 atom stereocenters. The van der Waals surface area contributed by atoms with E-state index in [4.69, 9.17) is 5.73 Å². The summed E-state index contributed by atoms with van der Waals surface area (Å²) >= 11 is 3.30. The second kappa shape index (κ2) is 6.03. The molecule has 0 heterocycles. The molecular weight excluding hydrogens is 340 g/mol. The van der Waals surface area contributed by atoms with Gasteiger partial charge in [0.05, 0.1) is 5.69 Å². The Morgan fingerprint density at radius 1 is 1.30 bits per heavy atom. The molecule has 1 aromatic carbocycles. The first-order valence-corrected chi connectivity index (χ1v) is 9.10. The van der Waals surface area contributed by atoms with Crippen molar-refractivity contribution in [1.29, 1.82) is 0 Å².